The first-order valence-corrected chi connectivity index (χ1v) is 13.3. The molecule has 0 amide bonds. The van der Waals surface area contributed by atoms with Crippen LogP contribution in [0.1, 0.15) is 86.5 Å². The Hall–Kier alpha value is -0.750. The van der Waals surface area contributed by atoms with Crippen molar-refractivity contribution in [2.24, 2.45) is 46.3 Å². The van der Waals surface area contributed by atoms with Crippen molar-refractivity contribution < 1.29 is 25.2 Å². The molecule has 3 saturated carbocycles. The third kappa shape index (κ3) is 3.59. The number of hydrogen-bond donors (Lipinski definition) is 4. The molecular weight excluding hydrogens is 416 g/mol. The SMILES string of the molecule is CC(C)[C@@H](C)[C@@H](O)[C@H](O)[C@@H](C)[C@H]1CC[C@@]2(O)C3=CC(=O)[C@H]4C[C@@H](O)CC[C@]4(C)[C@H]3CC[C@]12C. The number of allylic oxidation sites excluding steroid dienone is 1. The number of carbonyl (C=O) groups excluding carboxylic acids is 1. The van der Waals surface area contributed by atoms with Gasteiger partial charge in [-0.15, -0.1) is 0 Å². The first kappa shape index (κ1) is 25.3. The van der Waals surface area contributed by atoms with Crippen LogP contribution in [0.4, 0.5) is 0 Å². The van der Waals surface area contributed by atoms with E-state index in [1.807, 2.05) is 13.8 Å². The van der Waals surface area contributed by atoms with Gasteiger partial charge in [-0.1, -0.05) is 41.5 Å². The van der Waals surface area contributed by atoms with E-state index in [1.165, 1.54) is 0 Å². The molecule has 3 fully saturated rings. The predicted molar refractivity (Wildman–Crippen MR) is 128 cm³/mol. The molecule has 4 rings (SSSR count). The van der Waals surface area contributed by atoms with Gasteiger partial charge >= 0.3 is 0 Å². The van der Waals surface area contributed by atoms with E-state index in [1.54, 1.807) is 6.08 Å². The highest BCUT2D eigenvalue weighted by Gasteiger charge is 2.66. The molecule has 0 aromatic heterocycles. The zero-order chi connectivity index (χ0) is 24.5. The van der Waals surface area contributed by atoms with Crippen molar-refractivity contribution in [3.63, 3.8) is 0 Å². The first-order chi connectivity index (χ1) is 15.3. The van der Waals surface area contributed by atoms with E-state index in [0.29, 0.717) is 12.8 Å². The Morgan fingerprint density at radius 3 is 2.24 bits per heavy atom. The van der Waals surface area contributed by atoms with Crippen molar-refractivity contribution >= 4 is 5.78 Å². The molecule has 4 aliphatic rings. The molecule has 0 spiro atoms. The number of fused-ring (bicyclic) bond motifs is 5. The van der Waals surface area contributed by atoms with Crippen LogP contribution in [0, 0.1) is 46.3 Å². The lowest BCUT2D eigenvalue weighted by molar-refractivity contribution is -0.144. The molecule has 0 radical (unpaired) electrons. The van der Waals surface area contributed by atoms with Gasteiger partial charge in [-0.25, -0.2) is 0 Å². The fourth-order valence-corrected chi connectivity index (χ4v) is 8.45. The lowest BCUT2D eigenvalue weighted by Gasteiger charge is -2.60. The standard InChI is InChI=1S/C28H46O5/c1-15(2)16(3)24(31)25(32)17(4)19-9-12-28(33)21-14-23(30)22-13-18(29)7-10-26(22,5)20(21)8-11-27(19,28)6/h14-20,22,24-25,29,31-33H,7-13H2,1-6H3/t16-,17+,18+,19-,20+,22-,24-,25-,26-,27-,28-/m1/s1. The molecule has 4 aliphatic carbocycles. The van der Waals surface area contributed by atoms with Crippen LogP contribution in [0.15, 0.2) is 11.6 Å². The number of carbonyl (C=O) groups is 1. The minimum absolute atomic E-state index is 0.0107. The normalized spacial score (nSPS) is 46.6. The molecular formula is C28H46O5. The molecule has 0 aromatic carbocycles. The van der Waals surface area contributed by atoms with Crippen LogP contribution >= 0.6 is 0 Å². The molecule has 4 N–H and O–H groups in total. The second-order valence-corrected chi connectivity index (χ2v) is 12.9. The van der Waals surface area contributed by atoms with Crippen LogP contribution in [0.2, 0.25) is 0 Å². The third-order valence-corrected chi connectivity index (χ3v) is 11.3. The van der Waals surface area contributed by atoms with E-state index in [9.17, 15) is 25.2 Å². The average Bonchev–Trinajstić information content (AvgIpc) is 3.04. The van der Waals surface area contributed by atoms with Gasteiger partial charge in [0, 0.05) is 11.3 Å². The van der Waals surface area contributed by atoms with E-state index in [2.05, 4.69) is 27.7 Å². The second kappa shape index (κ2) is 8.43. The number of ketones is 1. The van der Waals surface area contributed by atoms with Gasteiger partial charge in [-0.3, -0.25) is 4.79 Å². The topological polar surface area (TPSA) is 98.0 Å². The monoisotopic (exact) mass is 462 g/mol. The number of aliphatic hydroxyl groups is 4. The van der Waals surface area contributed by atoms with Crippen molar-refractivity contribution in [1.82, 2.24) is 0 Å². The summed E-state index contributed by atoms with van der Waals surface area (Å²) in [6.07, 6.45) is 4.92. The van der Waals surface area contributed by atoms with Gasteiger partial charge in [0.1, 0.15) is 0 Å². The molecule has 188 valence electrons. The summed E-state index contributed by atoms with van der Waals surface area (Å²) in [5.41, 5.74) is -0.780. The Balaban J connectivity index is 1.64. The van der Waals surface area contributed by atoms with E-state index in [4.69, 9.17) is 0 Å². The maximum Gasteiger partial charge on any atom is 0.159 e. The largest absolute Gasteiger partial charge is 0.393 e. The van der Waals surface area contributed by atoms with E-state index >= 15 is 0 Å². The van der Waals surface area contributed by atoms with Gasteiger partial charge in [0.25, 0.3) is 0 Å². The summed E-state index contributed by atoms with van der Waals surface area (Å²) in [6, 6.07) is 0. The van der Waals surface area contributed by atoms with Crippen molar-refractivity contribution in [1.29, 1.82) is 0 Å². The summed E-state index contributed by atoms with van der Waals surface area (Å²) >= 11 is 0. The van der Waals surface area contributed by atoms with Crippen LogP contribution in [-0.4, -0.2) is 50.1 Å². The summed E-state index contributed by atoms with van der Waals surface area (Å²) in [6.45, 7) is 12.5. The Morgan fingerprint density at radius 1 is 0.939 bits per heavy atom. The molecule has 11 atom stereocenters. The van der Waals surface area contributed by atoms with Crippen LogP contribution in [0.3, 0.4) is 0 Å². The quantitative estimate of drug-likeness (QED) is 0.497. The van der Waals surface area contributed by atoms with Gasteiger partial charge in [0.05, 0.1) is 23.9 Å². The van der Waals surface area contributed by atoms with Gasteiger partial charge in [0.15, 0.2) is 5.78 Å². The first-order valence-electron chi connectivity index (χ1n) is 13.3. The summed E-state index contributed by atoms with van der Waals surface area (Å²) in [5.74, 6) is 0.257. The molecule has 0 saturated heterocycles. The van der Waals surface area contributed by atoms with Crippen LogP contribution in [-0.2, 0) is 4.79 Å². The zero-order valence-corrected chi connectivity index (χ0v) is 21.4. The predicted octanol–water partition coefficient (Wildman–Crippen LogP) is 3.87. The number of aliphatic hydroxyl groups excluding tert-OH is 3. The fourth-order valence-electron chi connectivity index (χ4n) is 8.45. The minimum Gasteiger partial charge on any atom is -0.393 e. The van der Waals surface area contributed by atoms with Gasteiger partial charge < -0.3 is 20.4 Å². The highest BCUT2D eigenvalue weighted by atomic mass is 16.3. The van der Waals surface area contributed by atoms with Crippen molar-refractivity contribution in [3.05, 3.63) is 11.6 Å². The summed E-state index contributed by atoms with van der Waals surface area (Å²) in [7, 11) is 0. The van der Waals surface area contributed by atoms with Crippen LogP contribution in [0.25, 0.3) is 0 Å². The molecule has 0 aliphatic heterocycles. The van der Waals surface area contributed by atoms with E-state index in [-0.39, 0.29) is 46.7 Å². The smallest absolute Gasteiger partial charge is 0.159 e. The van der Waals surface area contributed by atoms with Gasteiger partial charge in [-0.2, -0.15) is 0 Å². The molecule has 0 bridgehead atoms. The highest BCUT2D eigenvalue weighted by molar-refractivity contribution is 5.95. The fraction of sp³-hybridized carbons (Fsp3) is 0.893. The molecule has 5 heteroatoms. The number of rotatable bonds is 5. The summed E-state index contributed by atoms with van der Waals surface area (Å²) in [4.78, 5) is 13.2. The van der Waals surface area contributed by atoms with E-state index in [0.717, 1.165) is 37.7 Å². The lowest BCUT2D eigenvalue weighted by atomic mass is 9.46. The van der Waals surface area contributed by atoms with Crippen molar-refractivity contribution in [2.45, 2.75) is 110 Å². The minimum atomic E-state index is -1.05. The van der Waals surface area contributed by atoms with Crippen LogP contribution in [0.5, 0.6) is 0 Å². The van der Waals surface area contributed by atoms with Crippen molar-refractivity contribution in [3.8, 4) is 0 Å². The molecule has 0 heterocycles. The van der Waals surface area contributed by atoms with Gasteiger partial charge in [0.2, 0.25) is 0 Å². The highest BCUT2D eigenvalue weighted by Crippen LogP contribution is 2.68. The van der Waals surface area contributed by atoms with Crippen molar-refractivity contribution in [2.75, 3.05) is 0 Å². The average molecular weight is 463 g/mol. The van der Waals surface area contributed by atoms with Crippen LogP contribution < -0.4 is 0 Å². The Kier molecular flexibility index (Phi) is 6.47. The summed E-state index contributed by atoms with van der Waals surface area (Å²) < 4.78 is 0. The maximum absolute atomic E-state index is 13.2. The Bertz CT molecular complexity index is 806. The molecule has 0 unspecified atom stereocenters. The summed E-state index contributed by atoms with van der Waals surface area (Å²) in [5, 5.41) is 44.5. The lowest BCUT2D eigenvalue weighted by Crippen LogP contribution is -2.59. The third-order valence-electron chi connectivity index (χ3n) is 11.3. The van der Waals surface area contributed by atoms with Gasteiger partial charge in [-0.05, 0) is 91.6 Å². The maximum atomic E-state index is 13.2. The molecule has 5 nitrogen and oxygen atoms in total. The van der Waals surface area contributed by atoms with E-state index < -0.39 is 29.3 Å². The zero-order valence-electron chi connectivity index (χ0n) is 21.4. The number of hydrogen-bond acceptors (Lipinski definition) is 5. The molecule has 0 aromatic rings. The Morgan fingerprint density at radius 2 is 1.61 bits per heavy atom. The second-order valence-electron chi connectivity index (χ2n) is 12.9. The molecule has 33 heavy (non-hydrogen) atoms. The Labute approximate surface area is 199 Å².